The van der Waals surface area contributed by atoms with Crippen molar-refractivity contribution in [2.45, 2.75) is 13.0 Å². The quantitative estimate of drug-likeness (QED) is 0.354. The Morgan fingerprint density at radius 2 is 1.89 bits per heavy atom. The number of carboxylic acids is 1. The zero-order chi connectivity index (χ0) is 13.5. The monoisotopic (exact) mass is 271 g/mol. The third-order valence-corrected chi connectivity index (χ3v) is 2.28. The molecule has 0 spiro atoms. The fourth-order valence-electron chi connectivity index (χ4n) is 1.43. The van der Waals surface area contributed by atoms with Crippen molar-refractivity contribution in [3.8, 4) is 0 Å². The second kappa shape index (κ2) is 8.74. The molecule has 0 aliphatic heterocycles. The summed E-state index contributed by atoms with van der Waals surface area (Å²) in [6.45, 7) is 1.58. The number of nitrogens with one attached hydrogen (secondary N) is 1. The average Bonchev–Trinajstić information content (AvgIpc) is 2.36. The average molecular weight is 271 g/mol. The van der Waals surface area contributed by atoms with Gasteiger partial charge in [-0.25, -0.2) is 4.79 Å². The van der Waals surface area contributed by atoms with E-state index in [1.54, 1.807) is 37.3 Å². The molecular weight excluding hydrogens is 257 g/mol. The molecule has 1 unspecified atom stereocenters. The molecule has 0 saturated carbocycles. The molecule has 1 atom stereocenters. The van der Waals surface area contributed by atoms with Crippen molar-refractivity contribution in [3.05, 3.63) is 47.7 Å². The summed E-state index contributed by atoms with van der Waals surface area (Å²) in [7, 11) is 1.25. The van der Waals surface area contributed by atoms with Crippen LogP contribution in [0.4, 0.5) is 0 Å². The number of rotatable bonds is 5. The number of ether oxygens (including phenoxy) is 1. The first kappa shape index (κ1) is 17.7. The number of carbonyl (C=O) groups excluding carboxylic acids is 2. The van der Waals surface area contributed by atoms with Gasteiger partial charge in [0.2, 0.25) is 0 Å². The van der Waals surface area contributed by atoms with Crippen molar-refractivity contribution in [2.75, 3.05) is 7.11 Å². The summed E-state index contributed by atoms with van der Waals surface area (Å²) < 4.78 is 4.45. The van der Waals surface area contributed by atoms with Gasteiger partial charge in [0.15, 0.2) is 0 Å². The molecule has 96 valence electrons. The Bertz CT molecular complexity index is 459. The van der Waals surface area contributed by atoms with Crippen LogP contribution >= 0.6 is 0 Å². The topological polar surface area (TPSA) is 78.5 Å². The van der Waals surface area contributed by atoms with E-state index in [-0.39, 0.29) is 29.6 Å². The molecule has 0 aliphatic rings. The predicted octanol–water partition coefficient (Wildman–Crippen LogP) is -2.85. The molecule has 0 bridgehead atoms. The third-order valence-electron chi connectivity index (χ3n) is 2.28. The molecule has 6 heteroatoms. The van der Waals surface area contributed by atoms with Gasteiger partial charge in [0.05, 0.1) is 19.1 Å². The number of carboxylic acid groups (broad SMARTS) is 1. The van der Waals surface area contributed by atoms with Gasteiger partial charge in [-0.2, -0.15) is 0 Å². The molecular formula is C13H14NNaO4. The molecule has 5 nitrogen and oxygen atoms in total. The number of allylic oxidation sites excluding steroid dienone is 1. The van der Waals surface area contributed by atoms with E-state index in [4.69, 9.17) is 0 Å². The zero-order valence-electron chi connectivity index (χ0n) is 11.2. The second-order valence-corrected chi connectivity index (χ2v) is 3.66. The van der Waals surface area contributed by atoms with Crippen molar-refractivity contribution in [3.63, 3.8) is 0 Å². The van der Waals surface area contributed by atoms with Gasteiger partial charge >= 0.3 is 35.5 Å². The molecule has 0 radical (unpaired) electrons. The maximum atomic E-state index is 11.1. The smallest absolute Gasteiger partial charge is 0.548 e. The molecule has 0 heterocycles. The van der Waals surface area contributed by atoms with Crippen LogP contribution in [0.2, 0.25) is 0 Å². The van der Waals surface area contributed by atoms with E-state index in [1.165, 1.54) is 13.2 Å². The molecule has 1 aromatic rings. The van der Waals surface area contributed by atoms with Gasteiger partial charge in [0.25, 0.3) is 0 Å². The summed E-state index contributed by atoms with van der Waals surface area (Å²) >= 11 is 0. The number of aliphatic carboxylic acids is 1. The molecule has 1 aromatic carbocycles. The van der Waals surface area contributed by atoms with Crippen LogP contribution in [0.3, 0.4) is 0 Å². The van der Waals surface area contributed by atoms with Crippen molar-refractivity contribution in [1.82, 2.24) is 5.32 Å². The van der Waals surface area contributed by atoms with E-state index in [2.05, 4.69) is 10.1 Å². The minimum Gasteiger partial charge on any atom is -0.548 e. The number of hydrogen-bond donors (Lipinski definition) is 1. The number of methoxy groups -OCH3 is 1. The number of esters is 1. The maximum Gasteiger partial charge on any atom is 1.00 e. The van der Waals surface area contributed by atoms with Crippen molar-refractivity contribution in [1.29, 1.82) is 0 Å². The van der Waals surface area contributed by atoms with Gasteiger partial charge in [-0.1, -0.05) is 30.3 Å². The van der Waals surface area contributed by atoms with Crippen LogP contribution in [0, 0.1) is 0 Å². The number of hydrogen-bond acceptors (Lipinski definition) is 5. The Kier molecular flexibility index (Phi) is 8.14. The van der Waals surface area contributed by atoms with Crippen molar-refractivity contribution < 1.29 is 49.0 Å². The molecule has 19 heavy (non-hydrogen) atoms. The summed E-state index contributed by atoms with van der Waals surface area (Å²) in [6, 6.07) is 7.57. The molecule has 0 fully saturated rings. The normalized spacial score (nSPS) is 12.0. The summed E-state index contributed by atoms with van der Waals surface area (Å²) in [4.78, 5) is 22.1. The van der Waals surface area contributed by atoms with E-state index < -0.39 is 18.0 Å². The fourth-order valence-corrected chi connectivity index (χ4v) is 1.43. The van der Waals surface area contributed by atoms with E-state index in [1.807, 2.05) is 0 Å². The molecule has 0 aliphatic carbocycles. The zero-order valence-corrected chi connectivity index (χ0v) is 13.2. The van der Waals surface area contributed by atoms with Crippen LogP contribution in [-0.4, -0.2) is 19.0 Å². The summed E-state index contributed by atoms with van der Waals surface area (Å²) in [5.74, 6) is -1.82. The maximum absolute atomic E-state index is 11.1. The Morgan fingerprint density at radius 3 is 2.37 bits per heavy atom. The minimum absolute atomic E-state index is 0. The van der Waals surface area contributed by atoms with Crippen LogP contribution < -0.4 is 40.0 Å². The van der Waals surface area contributed by atoms with Crippen LogP contribution in [0.1, 0.15) is 18.5 Å². The largest absolute Gasteiger partial charge is 1.00 e. The van der Waals surface area contributed by atoms with Crippen LogP contribution in [-0.2, 0) is 14.3 Å². The summed E-state index contributed by atoms with van der Waals surface area (Å²) in [5.41, 5.74) is 0.940. The first-order valence-corrected chi connectivity index (χ1v) is 5.33. The molecule has 0 saturated heterocycles. The van der Waals surface area contributed by atoms with Gasteiger partial charge in [0, 0.05) is 11.8 Å². The van der Waals surface area contributed by atoms with Gasteiger partial charge < -0.3 is 20.0 Å². The van der Waals surface area contributed by atoms with E-state index in [9.17, 15) is 14.7 Å². The van der Waals surface area contributed by atoms with Gasteiger partial charge in [-0.3, -0.25) is 0 Å². The van der Waals surface area contributed by atoms with Crippen molar-refractivity contribution in [2.24, 2.45) is 0 Å². The first-order chi connectivity index (χ1) is 8.54. The van der Waals surface area contributed by atoms with Gasteiger partial charge in [-0.05, 0) is 12.5 Å². The standard InChI is InChI=1S/C13H15NO4.Na/c1-9(8-11(15)18-2)14-12(13(16)17)10-6-4-3-5-7-10;/h3-8,12,14H,1-2H3,(H,16,17);/q;+1/p-1. The fraction of sp³-hybridized carbons (Fsp3) is 0.231. The predicted molar refractivity (Wildman–Crippen MR) is 63.1 cm³/mol. The molecule has 0 aromatic heterocycles. The Labute approximate surface area is 133 Å². The number of benzene rings is 1. The Morgan fingerprint density at radius 1 is 1.32 bits per heavy atom. The first-order valence-electron chi connectivity index (χ1n) is 5.33. The molecule has 1 rings (SSSR count). The van der Waals surface area contributed by atoms with E-state index >= 15 is 0 Å². The Hall–Kier alpha value is -1.30. The van der Waals surface area contributed by atoms with Crippen LogP contribution in [0.25, 0.3) is 0 Å². The Balaban J connectivity index is 0.00000324. The summed E-state index contributed by atoms with van der Waals surface area (Å²) in [6.07, 6.45) is 1.18. The second-order valence-electron chi connectivity index (χ2n) is 3.66. The van der Waals surface area contributed by atoms with Gasteiger partial charge in [-0.15, -0.1) is 0 Å². The van der Waals surface area contributed by atoms with Gasteiger partial charge in [0.1, 0.15) is 0 Å². The SMILES string of the molecule is COC(=O)C=C(C)NC(C(=O)[O-])c1ccccc1.[Na+]. The van der Waals surface area contributed by atoms with E-state index in [0.29, 0.717) is 11.3 Å². The van der Waals surface area contributed by atoms with Crippen LogP contribution in [0.15, 0.2) is 42.1 Å². The molecule has 0 amide bonds. The minimum atomic E-state index is -1.26. The van der Waals surface area contributed by atoms with Crippen LogP contribution in [0.5, 0.6) is 0 Å². The van der Waals surface area contributed by atoms with E-state index in [0.717, 1.165) is 0 Å². The third kappa shape index (κ3) is 5.92. The summed E-state index contributed by atoms with van der Waals surface area (Å²) in [5, 5.41) is 13.8. The number of carbonyl (C=O) groups is 2. The molecule has 1 N–H and O–H groups in total. The van der Waals surface area contributed by atoms with Crippen molar-refractivity contribution >= 4 is 11.9 Å².